The molecule has 0 amide bonds. The monoisotopic (exact) mass is 206 g/mol. The fraction of sp³-hybridized carbons (Fsp3) is 0.786. The van der Waals surface area contributed by atoms with Gasteiger partial charge >= 0.3 is 0 Å². The van der Waals surface area contributed by atoms with Gasteiger partial charge in [-0.1, -0.05) is 31.4 Å². The lowest BCUT2D eigenvalue weighted by molar-refractivity contribution is -0.123. The lowest BCUT2D eigenvalue weighted by Crippen LogP contribution is -2.19. The first-order chi connectivity index (χ1) is 7.22. The van der Waals surface area contributed by atoms with Crippen LogP contribution in [0.5, 0.6) is 0 Å². The molecule has 0 heterocycles. The summed E-state index contributed by atoms with van der Waals surface area (Å²) < 4.78 is 0. The molecule has 84 valence electrons. The predicted molar refractivity (Wildman–Crippen MR) is 62.6 cm³/mol. The molecule has 2 aliphatic rings. The highest BCUT2D eigenvalue weighted by Gasteiger charge is 2.41. The van der Waals surface area contributed by atoms with E-state index in [1.54, 1.807) is 0 Å². The Bertz CT molecular complexity index is 277. The third-order valence-electron chi connectivity index (χ3n) is 4.17. The molecular weight excluding hydrogens is 184 g/mol. The summed E-state index contributed by atoms with van der Waals surface area (Å²) in [6, 6.07) is 0. The van der Waals surface area contributed by atoms with Crippen LogP contribution in [0.25, 0.3) is 0 Å². The van der Waals surface area contributed by atoms with E-state index in [0.717, 1.165) is 25.2 Å². The van der Waals surface area contributed by atoms with Crippen molar-refractivity contribution in [1.29, 1.82) is 0 Å². The third kappa shape index (κ3) is 2.16. The second-order valence-electron chi connectivity index (χ2n) is 5.27. The van der Waals surface area contributed by atoms with Gasteiger partial charge in [0.1, 0.15) is 5.78 Å². The summed E-state index contributed by atoms with van der Waals surface area (Å²) in [5, 5.41) is 0. The summed E-state index contributed by atoms with van der Waals surface area (Å²) in [6.45, 7) is 4.41. The van der Waals surface area contributed by atoms with Crippen molar-refractivity contribution in [3.8, 4) is 0 Å². The molecule has 1 saturated carbocycles. The maximum atomic E-state index is 12.0. The fourth-order valence-electron chi connectivity index (χ4n) is 3.20. The zero-order valence-corrected chi connectivity index (χ0v) is 9.96. The highest BCUT2D eigenvalue weighted by atomic mass is 16.1. The molecule has 0 aromatic rings. The van der Waals surface area contributed by atoms with Gasteiger partial charge in [-0.25, -0.2) is 0 Å². The molecule has 0 spiro atoms. The smallest absolute Gasteiger partial charge is 0.136 e. The highest BCUT2D eigenvalue weighted by Crippen LogP contribution is 2.48. The standard InChI is InChI=1S/C14H22O/c1-3-4-5-6-14(15)13-9-11-8-12(13)7-10(11)2/h7,11-13H,3-6,8-9H2,1-2H3. The van der Waals surface area contributed by atoms with Gasteiger partial charge in [0.05, 0.1) is 0 Å². The minimum atomic E-state index is 0.385. The van der Waals surface area contributed by atoms with E-state index in [4.69, 9.17) is 0 Å². The predicted octanol–water partition coefficient (Wildman–Crippen LogP) is 3.74. The van der Waals surface area contributed by atoms with E-state index in [-0.39, 0.29) is 0 Å². The van der Waals surface area contributed by atoms with E-state index in [2.05, 4.69) is 19.9 Å². The SMILES string of the molecule is CCCCCC(=O)C1CC2CC1C=C2C. The summed E-state index contributed by atoms with van der Waals surface area (Å²) in [5.41, 5.74) is 1.54. The van der Waals surface area contributed by atoms with Gasteiger partial charge in [0.25, 0.3) is 0 Å². The molecule has 2 rings (SSSR count). The molecule has 3 atom stereocenters. The number of fused-ring (bicyclic) bond motifs is 2. The van der Waals surface area contributed by atoms with E-state index >= 15 is 0 Å². The minimum absolute atomic E-state index is 0.385. The topological polar surface area (TPSA) is 17.1 Å². The van der Waals surface area contributed by atoms with Crippen molar-refractivity contribution in [2.24, 2.45) is 17.8 Å². The maximum Gasteiger partial charge on any atom is 0.136 e. The van der Waals surface area contributed by atoms with Gasteiger partial charge in [0, 0.05) is 12.3 Å². The van der Waals surface area contributed by atoms with Gasteiger partial charge in [-0.05, 0) is 38.0 Å². The van der Waals surface area contributed by atoms with Gasteiger partial charge < -0.3 is 0 Å². The number of allylic oxidation sites excluding steroid dienone is 2. The van der Waals surface area contributed by atoms with Crippen molar-refractivity contribution in [2.75, 3.05) is 0 Å². The van der Waals surface area contributed by atoms with E-state index in [1.165, 1.54) is 24.8 Å². The quantitative estimate of drug-likeness (QED) is 0.494. The van der Waals surface area contributed by atoms with Gasteiger partial charge in [-0.2, -0.15) is 0 Å². The van der Waals surface area contributed by atoms with Crippen molar-refractivity contribution in [3.63, 3.8) is 0 Å². The summed E-state index contributed by atoms with van der Waals surface area (Å²) in [6.07, 6.45) is 9.12. The fourth-order valence-corrected chi connectivity index (χ4v) is 3.20. The molecule has 0 saturated heterocycles. The molecule has 2 aliphatic carbocycles. The minimum Gasteiger partial charge on any atom is -0.299 e. The lowest BCUT2D eigenvalue weighted by Gasteiger charge is -2.18. The van der Waals surface area contributed by atoms with Crippen LogP contribution in [-0.4, -0.2) is 5.78 Å². The van der Waals surface area contributed by atoms with Crippen LogP contribution in [0.2, 0.25) is 0 Å². The van der Waals surface area contributed by atoms with Gasteiger partial charge in [-0.15, -0.1) is 0 Å². The first-order valence-electron chi connectivity index (χ1n) is 6.43. The number of unbranched alkanes of at least 4 members (excludes halogenated alkanes) is 2. The summed E-state index contributed by atoms with van der Waals surface area (Å²) >= 11 is 0. The molecule has 1 heteroatoms. The highest BCUT2D eigenvalue weighted by molar-refractivity contribution is 5.82. The Balaban J connectivity index is 1.83. The zero-order chi connectivity index (χ0) is 10.8. The van der Waals surface area contributed by atoms with Gasteiger partial charge in [-0.3, -0.25) is 4.79 Å². The van der Waals surface area contributed by atoms with Crippen LogP contribution in [0.4, 0.5) is 0 Å². The second-order valence-corrected chi connectivity index (χ2v) is 5.27. The van der Waals surface area contributed by atoms with Gasteiger partial charge in [0.2, 0.25) is 0 Å². The Morgan fingerprint density at radius 3 is 2.73 bits per heavy atom. The summed E-state index contributed by atoms with van der Waals surface area (Å²) in [5.74, 6) is 2.27. The van der Waals surface area contributed by atoms with Crippen LogP contribution < -0.4 is 0 Å². The number of rotatable bonds is 5. The number of carbonyl (C=O) groups excluding carboxylic acids is 1. The molecule has 3 unspecified atom stereocenters. The maximum absolute atomic E-state index is 12.0. The third-order valence-corrected chi connectivity index (χ3v) is 4.17. The Labute approximate surface area is 92.9 Å². The van der Waals surface area contributed by atoms with E-state index in [1.807, 2.05) is 0 Å². The van der Waals surface area contributed by atoms with E-state index in [0.29, 0.717) is 17.6 Å². The van der Waals surface area contributed by atoms with Crippen LogP contribution in [0.15, 0.2) is 11.6 Å². The van der Waals surface area contributed by atoms with Crippen LogP contribution in [0, 0.1) is 17.8 Å². The van der Waals surface area contributed by atoms with Gasteiger partial charge in [0.15, 0.2) is 0 Å². The number of ketones is 1. The molecule has 1 nitrogen and oxygen atoms in total. The zero-order valence-electron chi connectivity index (χ0n) is 9.96. The van der Waals surface area contributed by atoms with Crippen molar-refractivity contribution < 1.29 is 4.79 Å². The number of Topliss-reactive ketones (excluding diaryl/α,β-unsaturated/α-hetero) is 1. The van der Waals surface area contributed by atoms with E-state index < -0.39 is 0 Å². The normalized spacial score (nSPS) is 33.2. The van der Waals surface area contributed by atoms with Crippen molar-refractivity contribution in [1.82, 2.24) is 0 Å². The van der Waals surface area contributed by atoms with Crippen molar-refractivity contribution in [3.05, 3.63) is 11.6 Å². The number of hydrogen-bond donors (Lipinski definition) is 0. The average molecular weight is 206 g/mol. The Hall–Kier alpha value is -0.590. The second kappa shape index (κ2) is 4.51. The molecule has 0 aromatic carbocycles. The largest absolute Gasteiger partial charge is 0.299 e. The molecular formula is C14H22O. The molecule has 1 fully saturated rings. The average Bonchev–Trinajstić information content (AvgIpc) is 2.76. The lowest BCUT2D eigenvalue weighted by atomic mass is 9.85. The number of carbonyl (C=O) groups is 1. The summed E-state index contributed by atoms with van der Waals surface area (Å²) in [7, 11) is 0. The molecule has 0 radical (unpaired) electrons. The van der Waals surface area contributed by atoms with Crippen LogP contribution >= 0.6 is 0 Å². The Morgan fingerprint density at radius 2 is 2.20 bits per heavy atom. The van der Waals surface area contributed by atoms with Crippen molar-refractivity contribution >= 4 is 5.78 Å². The Kier molecular flexibility index (Phi) is 3.28. The van der Waals surface area contributed by atoms with Crippen LogP contribution in [0.1, 0.15) is 52.4 Å². The van der Waals surface area contributed by atoms with Crippen LogP contribution in [0.3, 0.4) is 0 Å². The molecule has 15 heavy (non-hydrogen) atoms. The van der Waals surface area contributed by atoms with E-state index in [9.17, 15) is 4.79 Å². The van der Waals surface area contributed by atoms with Crippen LogP contribution in [-0.2, 0) is 4.79 Å². The first-order valence-corrected chi connectivity index (χ1v) is 6.43. The molecule has 0 N–H and O–H groups in total. The molecule has 2 bridgehead atoms. The summed E-state index contributed by atoms with van der Waals surface area (Å²) in [4.78, 5) is 12.0. The molecule has 0 aliphatic heterocycles. The first kappa shape index (κ1) is 10.9. The van der Waals surface area contributed by atoms with Crippen molar-refractivity contribution in [2.45, 2.75) is 52.4 Å². The molecule has 0 aromatic heterocycles. The Morgan fingerprint density at radius 1 is 1.40 bits per heavy atom. The number of hydrogen-bond acceptors (Lipinski definition) is 1.